The molecule has 8 heteroatoms. The van der Waals surface area contributed by atoms with Crippen LogP contribution in [0, 0.1) is 0 Å². The number of amides is 2. The van der Waals surface area contributed by atoms with Crippen LogP contribution in [0.2, 0.25) is 0 Å². The zero-order valence-corrected chi connectivity index (χ0v) is 20.2. The molecule has 2 fully saturated rings. The summed E-state index contributed by atoms with van der Waals surface area (Å²) in [6.45, 7) is 7.36. The second-order valence-electron chi connectivity index (χ2n) is 8.57. The SMILES string of the molecule is CCOC(=O)N1CCN(C(=O)c2ccc(N3CCC(NCCc4cccs4)CC3)cc2)CC1. The van der Waals surface area contributed by atoms with Gasteiger partial charge in [0, 0.05) is 68.0 Å². The lowest BCUT2D eigenvalue weighted by atomic mass is 10.0. The molecule has 2 aliphatic rings. The minimum atomic E-state index is -0.296. The molecule has 0 spiro atoms. The van der Waals surface area contributed by atoms with E-state index in [1.165, 1.54) is 10.6 Å². The summed E-state index contributed by atoms with van der Waals surface area (Å²) in [7, 11) is 0. The number of carbonyl (C=O) groups excluding carboxylic acids is 2. The third kappa shape index (κ3) is 6.26. The second kappa shape index (κ2) is 11.5. The van der Waals surface area contributed by atoms with E-state index in [2.05, 4.69) is 39.9 Å². The van der Waals surface area contributed by atoms with Crippen molar-refractivity contribution in [2.24, 2.45) is 0 Å². The molecule has 33 heavy (non-hydrogen) atoms. The Morgan fingerprint density at radius 1 is 1.00 bits per heavy atom. The molecule has 1 aromatic heterocycles. The van der Waals surface area contributed by atoms with Crippen LogP contribution in [0.5, 0.6) is 0 Å². The van der Waals surface area contributed by atoms with E-state index in [-0.39, 0.29) is 12.0 Å². The highest BCUT2D eigenvalue weighted by Crippen LogP contribution is 2.22. The Hall–Kier alpha value is -2.58. The van der Waals surface area contributed by atoms with E-state index in [4.69, 9.17) is 4.74 Å². The Balaban J connectivity index is 1.21. The first kappa shape index (κ1) is 23.6. The first-order chi connectivity index (χ1) is 16.1. The van der Waals surface area contributed by atoms with Gasteiger partial charge in [-0.05, 0) is 61.9 Å². The van der Waals surface area contributed by atoms with Gasteiger partial charge < -0.3 is 24.8 Å². The summed E-state index contributed by atoms with van der Waals surface area (Å²) in [5, 5.41) is 5.84. The number of hydrogen-bond donors (Lipinski definition) is 1. The molecule has 2 aliphatic heterocycles. The molecule has 4 rings (SSSR count). The maximum absolute atomic E-state index is 12.9. The van der Waals surface area contributed by atoms with Gasteiger partial charge in [-0.1, -0.05) is 6.07 Å². The van der Waals surface area contributed by atoms with Crippen molar-refractivity contribution in [2.75, 3.05) is 57.3 Å². The van der Waals surface area contributed by atoms with Crippen molar-refractivity contribution in [1.29, 1.82) is 0 Å². The maximum Gasteiger partial charge on any atom is 0.409 e. The normalized spacial score (nSPS) is 17.3. The van der Waals surface area contributed by atoms with E-state index >= 15 is 0 Å². The lowest BCUT2D eigenvalue weighted by molar-refractivity contribution is 0.0570. The van der Waals surface area contributed by atoms with Crippen LogP contribution in [-0.2, 0) is 11.2 Å². The fraction of sp³-hybridized carbons (Fsp3) is 0.520. The molecule has 0 unspecified atom stereocenters. The van der Waals surface area contributed by atoms with Gasteiger partial charge in [-0.3, -0.25) is 4.79 Å². The number of rotatable bonds is 7. The molecule has 2 saturated heterocycles. The number of piperazine rings is 1. The maximum atomic E-state index is 12.9. The van der Waals surface area contributed by atoms with Gasteiger partial charge in [0.05, 0.1) is 6.61 Å². The predicted octanol–water partition coefficient (Wildman–Crippen LogP) is 3.46. The van der Waals surface area contributed by atoms with Crippen molar-refractivity contribution in [2.45, 2.75) is 32.2 Å². The fourth-order valence-electron chi connectivity index (χ4n) is 4.50. The number of thiophene rings is 1. The Morgan fingerprint density at radius 3 is 2.33 bits per heavy atom. The van der Waals surface area contributed by atoms with Crippen molar-refractivity contribution < 1.29 is 14.3 Å². The Kier molecular flexibility index (Phi) is 8.23. The van der Waals surface area contributed by atoms with E-state index in [1.54, 1.807) is 11.8 Å². The number of anilines is 1. The molecule has 1 aromatic carbocycles. The molecule has 0 bridgehead atoms. The van der Waals surface area contributed by atoms with Crippen molar-refractivity contribution in [3.63, 3.8) is 0 Å². The van der Waals surface area contributed by atoms with E-state index in [0.29, 0.717) is 44.4 Å². The molecule has 178 valence electrons. The number of benzene rings is 1. The number of nitrogens with zero attached hydrogens (tertiary/aromatic N) is 3. The molecule has 7 nitrogen and oxygen atoms in total. The van der Waals surface area contributed by atoms with Crippen molar-refractivity contribution in [1.82, 2.24) is 15.1 Å². The molecule has 0 aliphatic carbocycles. The molecule has 0 saturated carbocycles. The monoisotopic (exact) mass is 470 g/mol. The van der Waals surface area contributed by atoms with Crippen molar-refractivity contribution in [3.8, 4) is 0 Å². The molecular weight excluding hydrogens is 436 g/mol. The third-order valence-electron chi connectivity index (χ3n) is 6.45. The van der Waals surface area contributed by atoms with Crippen LogP contribution in [0.25, 0.3) is 0 Å². The topological polar surface area (TPSA) is 65.1 Å². The van der Waals surface area contributed by atoms with Crippen LogP contribution in [0.4, 0.5) is 10.5 Å². The van der Waals surface area contributed by atoms with E-state index in [0.717, 1.165) is 38.9 Å². The summed E-state index contributed by atoms with van der Waals surface area (Å²) < 4.78 is 5.05. The second-order valence-corrected chi connectivity index (χ2v) is 9.60. The average Bonchev–Trinajstić information content (AvgIpc) is 3.38. The lowest BCUT2D eigenvalue weighted by Crippen LogP contribution is -2.50. The van der Waals surface area contributed by atoms with E-state index in [1.807, 2.05) is 28.4 Å². The van der Waals surface area contributed by atoms with Crippen molar-refractivity contribution >= 4 is 29.0 Å². The van der Waals surface area contributed by atoms with E-state index in [9.17, 15) is 9.59 Å². The first-order valence-electron chi connectivity index (χ1n) is 12.0. The largest absolute Gasteiger partial charge is 0.450 e. The standard InChI is InChI=1S/C25H34N4O3S/c1-2-32-25(31)29-17-15-28(16-18-29)24(30)20-5-7-22(8-6-20)27-13-10-21(11-14-27)26-12-9-23-4-3-19-33-23/h3-8,19,21,26H,2,9-18H2,1H3. The highest BCUT2D eigenvalue weighted by atomic mass is 32.1. The lowest BCUT2D eigenvalue weighted by Gasteiger charge is -2.35. The zero-order valence-electron chi connectivity index (χ0n) is 19.4. The smallest absolute Gasteiger partial charge is 0.409 e. The molecule has 0 atom stereocenters. The van der Waals surface area contributed by atoms with Gasteiger partial charge in [0.1, 0.15) is 0 Å². The van der Waals surface area contributed by atoms with Gasteiger partial charge in [-0.25, -0.2) is 4.79 Å². The number of piperidine rings is 1. The average molecular weight is 471 g/mol. The summed E-state index contributed by atoms with van der Waals surface area (Å²) >= 11 is 1.83. The number of hydrogen-bond acceptors (Lipinski definition) is 6. The van der Waals surface area contributed by atoms with E-state index < -0.39 is 0 Å². The molecular formula is C25H34N4O3S. The van der Waals surface area contributed by atoms with Crippen molar-refractivity contribution in [3.05, 3.63) is 52.2 Å². The van der Waals surface area contributed by atoms with Crippen LogP contribution < -0.4 is 10.2 Å². The minimum absolute atomic E-state index is 0.0266. The Labute approximate surface area is 200 Å². The summed E-state index contributed by atoms with van der Waals surface area (Å²) in [5.41, 5.74) is 1.88. The first-order valence-corrected chi connectivity index (χ1v) is 12.8. The van der Waals surface area contributed by atoms with Gasteiger partial charge in [0.15, 0.2) is 0 Å². The van der Waals surface area contributed by atoms with Gasteiger partial charge in [-0.15, -0.1) is 11.3 Å². The number of nitrogens with one attached hydrogen (secondary N) is 1. The fourth-order valence-corrected chi connectivity index (χ4v) is 5.21. The van der Waals surface area contributed by atoms with Gasteiger partial charge >= 0.3 is 6.09 Å². The van der Waals surface area contributed by atoms with Crippen LogP contribution in [-0.4, -0.2) is 80.3 Å². The van der Waals surface area contributed by atoms with Gasteiger partial charge in [-0.2, -0.15) is 0 Å². The Morgan fingerprint density at radius 2 is 1.70 bits per heavy atom. The quantitative estimate of drug-likeness (QED) is 0.671. The zero-order chi connectivity index (χ0) is 23.0. The molecule has 1 N–H and O–H groups in total. The third-order valence-corrected chi connectivity index (χ3v) is 7.39. The van der Waals surface area contributed by atoms with Gasteiger partial charge in [0.25, 0.3) is 5.91 Å². The van der Waals surface area contributed by atoms with Crippen LogP contribution in [0.1, 0.15) is 35.0 Å². The molecule has 0 radical (unpaired) electrons. The molecule has 3 heterocycles. The molecule has 2 amide bonds. The Bertz CT molecular complexity index is 887. The highest BCUT2D eigenvalue weighted by Gasteiger charge is 2.26. The summed E-state index contributed by atoms with van der Waals surface area (Å²) in [6.07, 6.45) is 3.08. The highest BCUT2D eigenvalue weighted by molar-refractivity contribution is 7.09. The summed E-state index contributed by atoms with van der Waals surface area (Å²) in [6, 6.07) is 12.9. The minimum Gasteiger partial charge on any atom is -0.450 e. The summed E-state index contributed by atoms with van der Waals surface area (Å²) in [5.74, 6) is 0.0266. The number of ether oxygens (including phenoxy) is 1. The number of carbonyl (C=O) groups is 2. The predicted molar refractivity (Wildman–Crippen MR) is 132 cm³/mol. The van der Waals surface area contributed by atoms with Crippen LogP contribution >= 0.6 is 11.3 Å². The summed E-state index contributed by atoms with van der Waals surface area (Å²) in [4.78, 5) is 32.1. The molecule has 2 aromatic rings. The van der Waals surface area contributed by atoms with Crippen LogP contribution in [0.15, 0.2) is 41.8 Å². The van der Waals surface area contributed by atoms with Gasteiger partial charge in [0.2, 0.25) is 0 Å². The van der Waals surface area contributed by atoms with Crippen LogP contribution in [0.3, 0.4) is 0 Å².